The molecule has 0 spiro atoms. The lowest BCUT2D eigenvalue weighted by Gasteiger charge is -2.11. The molecule has 0 saturated heterocycles. The van der Waals surface area contributed by atoms with E-state index in [1.54, 1.807) is 24.4 Å². The summed E-state index contributed by atoms with van der Waals surface area (Å²) in [6, 6.07) is 14.8. The van der Waals surface area contributed by atoms with Crippen molar-refractivity contribution in [3.05, 3.63) is 87.3 Å². The Morgan fingerprint density at radius 2 is 1.81 bits per heavy atom. The van der Waals surface area contributed by atoms with E-state index in [9.17, 15) is 9.59 Å². The highest BCUT2D eigenvalue weighted by atomic mass is 35.5. The molecule has 2 aromatic heterocycles. The van der Waals surface area contributed by atoms with Gasteiger partial charge in [-0.3, -0.25) is 9.59 Å². The predicted molar refractivity (Wildman–Crippen MR) is 123 cm³/mol. The zero-order valence-electron chi connectivity index (χ0n) is 17.0. The molecule has 0 fully saturated rings. The first-order chi connectivity index (χ1) is 14.8. The van der Waals surface area contributed by atoms with Gasteiger partial charge in [-0.25, -0.2) is 0 Å². The zero-order valence-corrected chi connectivity index (χ0v) is 18.6. The van der Waals surface area contributed by atoms with E-state index < -0.39 is 5.97 Å². The van der Waals surface area contributed by atoms with Crippen LogP contribution in [-0.4, -0.2) is 27.9 Å². The molecule has 7 heteroatoms. The van der Waals surface area contributed by atoms with Gasteiger partial charge in [-0.1, -0.05) is 41.4 Å². The van der Waals surface area contributed by atoms with Gasteiger partial charge in [0.05, 0.1) is 16.5 Å². The average molecular weight is 455 g/mol. The molecule has 31 heavy (non-hydrogen) atoms. The number of rotatable bonds is 6. The molecule has 0 aliphatic heterocycles. The minimum Gasteiger partial charge on any atom is -0.457 e. The van der Waals surface area contributed by atoms with E-state index in [1.165, 1.54) is 0 Å². The van der Waals surface area contributed by atoms with E-state index in [0.717, 1.165) is 33.5 Å². The second kappa shape index (κ2) is 8.61. The molecule has 0 aliphatic rings. The van der Waals surface area contributed by atoms with Crippen LogP contribution in [0.1, 0.15) is 27.3 Å². The summed E-state index contributed by atoms with van der Waals surface area (Å²) in [5, 5.41) is 1.87. The van der Waals surface area contributed by atoms with Crippen LogP contribution < -0.4 is 0 Å². The van der Waals surface area contributed by atoms with Crippen LogP contribution >= 0.6 is 23.2 Å². The number of ether oxygens (including phenoxy) is 1. The van der Waals surface area contributed by atoms with Crippen LogP contribution in [0.25, 0.3) is 16.6 Å². The smallest absolute Gasteiger partial charge is 0.310 e. The third kappa shape index (κ3) is 4.24. The summed E-state index contributed by atoms with van der Waals surface area (Å²) in [4.78, 5) is 28.2. The van der Waals surface area contributed by atoms with Crippen molar-refractivity contribution in [1.29, 1.82) is 0 Å². The number of carbonyl (C=O) groups is 2. The van der Waals surface area contributed by atoms with Gasteiger partial charge < -0.3 is 14.3 Å². The van der Waals surface area contributed by atoms with Gasteiger partial charge in [0, 0.05) is 39.7 Å². The number of H-pyrrole nitrogens is 1. The van der Waals surface area contributed by atoms with Gasteiger partial charge in [-0.15, -0.1) is 0 Å². The first kappa shape index (κ1) is 21.2. The number of fused-ring (bicyclic) bond motifs is 1. The molecule has 5 nitrogen and oxygen atoms in total. The Kier molecular flexibility index (Phi) is 5.90. The van der Waals surface area contributed by atoms with Crippen molar-refractivity contribution >= 4 is 45.9 Å². The normalized spacial score (nSPS) is 11.1. The van der Waals surface area contributed by atoms with E-state index in [-0.39, 0.29) is 18.8 Å². The van der Waals surface area contributed by atoms with Crippen molar-refractivity contribution in [1.82, 2.24) is 9.55 Å². The predicted octanol–water partition coefficient (Wildman–Crippen LogP) is 5.85. The Morgan fingerprint density at radius 3 is 2.58 bits per heavy atom. The Morgan fingerprint density at radius 1 is 1.03 bits per heavy atom. The number of carbonyl (C=O) groups excluding carboxylic acids is 2. The number of Topliss-reactive ketones (excluding diaryl/α,β-unsaturated/α-hetero) is 1. The molecule has 4 aromatic rings. The number of nitrogens with one attached hydrogen (secondary N) is 1. The number of esters is 1. The van der Waals surface area contributed by atoms with Crippen molar-refractivity contribution in [2.24, 2.45) is 0 Å². The second-order valence-corrected chi connectivity index (χ2v) is 8.15. The second-order valence-electron chi connectivity index (χ2n) is 7.34. The van der Waals surface area contributed by atoms with Crippen LogP contribution in [0.5, 0.6) is 0 Å². The minimum atomic E-state index is -0.448. The summed E-state index contributed by atoms with van der Waals surface area (Å²) in [6.07, 6.45) is 1.89. The lowest BCUT2D eigenvalue weighted by molar-refractivity contribution is -0.141. The molecule has 158 valence electrons. The number of halogens is 2. The van der Waals surface area contributed by atoms with Gasteiger partial charge in [0.2, 0.25) is 5.78 Å². The van der Waals surface area contributed by atoms with Crippen LogP contribution in [0.3, 0.4) is 0 Å². The van der Waals surface area contributed by atoms with E-state index in [4.69, 9.17) is 27.9 Å². The van der Waals surface area contributed by atoms with Crippen LogP contribution in [0.2, 0.25) is 10.0 Å². The Labute approximate surface area is 189 Å². The number of benzene rings is 2. The number of aromatic nitrogens is 2. The number of aromatic amines is 1. The number of hydrogen-bond acceptors (Lipinski definition) is 3. The van der Waals surface area contributed by atoms with Crippen molar-refractivity contribution in [2.45, 2.75) is 20.3 Å². The molecular weight excluding hydrogens is 435 g/mol. The Balaban J connectivity index is 1.46. The molecule has 0 radical (unpaired) electrons. The largest absolute Gasteiger partial charge is 0.457 e. The van der Waals surface area contributed by atoms with Crippen molar-refractivity contribution in [3.63, 3.8) is 0 Å². The van der Waals surface area contributed by atoms with E-state index in [2.05, 4.69) is 4.98 Å². The Hall–Kier alpha value is -3.02. The summed E-state index contributed by atoms with van der Waals surface area (Å²) in [7, 11) is 0. The summed E-state index contributed by atoms with van der Waals surface area (Å²) >= 11 is 12.2. The number of para-hydroxylation sites is 1. The average Bonchev–Trinajstić information content (AvgIpc) is 3.29. The summed E-state index contributed by atoms with van der Waals surface area (Å²) in [5.74, 6) is -0.705. The fourth-order valence-corrected chi connectivity index (χ4v) is 4.07. The molecule has 0 unspecified atom stereocenters. The van der Waals surface area contributed by atoms with Crippen LogP contribution in [-0.2, 0) is 16.0 Å². The van der Waals surface area contributed by atoms with E-state index in [0.29, 0.717) is 15.6 Å². The third-order valence-electron chi connectivity index (χ3n) is 5.27. The molecular formula is C24H20Cl2N2O3. The zero-order chi connectivity index (χ0) is 22.1. The van der Waals surface area contributed by atoms with Crippen LogP contribution in [0, 0.1) is 13.8 Å². The highest BCUT2D eigenvalue weighted by Gasteiger charge is 2.19. The molecule has 4 rings (SSSR count). The van der Waals surface area contributed by atoms with Crippen LogP contribution in [0.15, 0.2) is 54.7 Å². The van der Waals surface area contributed by atoms with Gasteiger partial charge in [-0.2, -0.15) is 0 Å². The molecule has 0 amide bonds. The summed E-state index contributed by atoms with van der Waals surface area (Å²) < 4.78 is 7.19. The van der Waals surface area contributed by atoms with Crippen molar-refractivity contribution < 1.29 is 14.3 Å². The van der Waals surface area contributed by atoms with Crippen molar-refractivity contribution in [2.75, 3.05) is 6.61 Å². The molecule has 2 heterocycles. The highest BCUT2D eigenvalue weighted by Crippen LogP contribution is 2.28. The number of nitrogens with zero attached hydrogens (tertiary/aromatic N) is 1. The fourth-order valence-electron chi connectivity index (χ4n) is 3.77. The first-order valence-corrected chi connectivity index (χ1v) is 10.5. The van der Waals surface area contributed by atoms with Crippen LogP contribution in [0.4, 0.5) is 0 Å². The monoisotopic (exact) mass is 454 g/mol. The fraction of sp³-hybridized carbons (Fsp3) is 0.167. The van der Waals surface area contributed by atoms with E-state index in [1.807, 2.05) is 48.7 Å². The topological polar surface area (TPSA) is 64.1 Å². The molecule has 0 bridgehead atoms. The lowest BCUT2D eigenvalue weighted by atomic mass is 10.1. The maximum atomic E-state index is 12.8. The summed E-state index contributed by atoms with van der Waals surface area (Å²) in [6.45, 7) is 3.43. The van der Waals surface area contributed by atoms with Crippen molar-refractivity contribution in [3.8, 4) is 5.69 Å². The number of aryl methyl sites for hydroxylation is 1. The number of ketones is 1. The SMILES string of the molecule is Cc1cc(C(=O)COC(=O)Cc2c[nH]c3ccccc23)c(C)n1-c1ccc(Cl)c(Cl)c1. The maximum Gasteiger partial charge on any atom is 0.310 e. The minimum absolute atomic E-state index is 0.0968. The highest BCUT2D eigenvalue weighted by molar-refractivity contribution is 6.42. The van der Waals surface area contributed by atoms with E-state index >= 15 is 0 Å². The molecule has 1 N–H and O–H groups in total. The molecule has 2 aromatic carbocycles. The Bertz CT molecular complexity index is 1300. The molecule has 0 saturated carbocycles. The van der Waals surface area contributed by atoms with Gasteiger partial charge >= 0.3 is 5.97 Å². The molecule has 0 aliphatic carbocycles. The number of hydrogen-bond donors (Lipinski definition) is 1. The summed E-state index contributed by atoms with van der Waals surface area (Å²) in [5.41, 5.74) is 4.71. The van der Waals surface area contributed by atoms with Gasteiger partial charge in [0.25, 0.3) is 0 Å². The molecule has 0 atom stereocenters. The van der Waals surface area contributed by atoms with Gasteiger partial charge in [0.1, 0.15) is 0 Å². The first-order valence-electron chi connectivity index (χ1n) is 9.73. The third-order valence-corrected chi connectivity index (χ3v) is 6.01. The quantitative estimate of drug-likeness (QED) is 0.293. The van der Waals surface area contributed by atoms with Gasteiger partial charge in [-0.05, 0) is 49.7 Å². The van der Waals surface area contributed by atoms with Gasteiger partial charge in [0.15, 0.2) is 6.61 Å². The maximum absolute atomic E-state index is 12.8. The lowest BCUT2D eigenvalue weighted by Crippen LogP contribution is -2.16. The standard InChI is InChI=1S/C24H20Cl2N2O3/c1-14-9-19(15(2)28(14)17-7-8-20(25)21(26)11-17)23(29)13-31-24(30)10-16-12-27-22-6-4-3-5-18(16)22/h3-9,11-12,27H,10,13H2,1-2H3.